The van der Waals surface area contributed by atoms with E-state index in [-0.39, 0.29) is 11.3 Å². The Bertz CT molecular complexity index is 3540. The highest BCUT2D eigenvalue weighted by Gasteiger charge is 2.46. The molecule has 0 radical (unpaired) electrons. The molecule has 396 valence electrons. The van der Waals surface area contributed by atoms with Crippen LogP contribution in [0.5, 0.6) is 5.75 Å². The minimum Gasteiger partial charge on any atom is -0.472 e. The van der Waals surface area contributed by atoms with Gasteiger partial charge in [-0.15, -0.1) is 0 Å². The number of rotatable bonds is 12. The number of amides is 1. The van der Waals surface area contributed by atoms with Crippen molar-refractivity contribution in [2.75, 3.05) is 36.5 Å². The minimum atomic E-state index is -4.69. The Balaban J connectivity index is 0.822. The Labute approximate surface area is 454 Å². The van der Waals surface area contributed by atoms with Gasteiger partial charge in [0.2, 0.25) is 0 Å². The van der Waals surface area contributed by atoms with Crippen LogP contribution in [-0.4, -0.2) is 32.2 Å². The first-order valence-corrected chi connectivity index (χ1v) is 27.8. The fraction of sp³-hybridized carbons (Fsp3) is 0.290. The summed E-state index contributed by atoms with van der Waals surface area (Å²) in [5.74, 6) is 1.21. The van der Waals surface area contributed by atoms with Crippen molar-refractivity contribution < 1.29 is 31.8 Å². The van der Waals surface area contributed by atoms with E-state index in [0.29, 0.717) is 63.8 Å². The van der Waals surface area contributed by atoms with Crippen LogP contribution in [-0.2, 0) is 21.9 Å². The van der Waals surface area contributed by atoms with Gasteiger partial charge in [0.15, 0.2) is 5.60 Å². The van der Waals surface area contributed by atoms with Gasteiger partial charge in [-0.1, -0.05) is 150 Å². The third-order valence-electron chi connectivity index (χ3n) is 17.3. The maximum Gasteiger partial charge on any atom is 0.417 e. The second-order valence-electron chi connectivity index (χ2n) is 22.4. The van der Waals surface area contributed by atoms with Gasteiger partial charge in [0.1, 0.15) is 11.6 Å². The highest BCUT2D eigenvalue weighted by atomic mass is 19.4. The first kappa shape index (κ1) is 51.3. The van der Waals surface area contributed by atoms with Crippen LogP contribution >= 0.6 is 0 Å². The first-order chi connectivity index (χ1) is 37.8. The zero-order valence-electron chi connectivity index (χ0n) is 44.5. The van der Waals surface area contributed by atoms with Crippen LogP contribution in [0, 0.1) is 11.7 Å². The molecule has 78 heavy (non-hydrogen) atoms. The van der Waals surface area contributed by atoms with Gasteiger partial charge >= 0.3 is 6.18 Å². The fourth-order valence-electron chi connectivity index (χ4n) is 13.1. The predicted octanol–water partition coefficient (Wildman–Crippen LogP) is 17.9. The van der Waals surface area contributed by atoms with Crippen LogP contribution in [0.4, 0.5) is 28.9 Å². The van der Waals surface area contributed by atoms with Gasteiger partial charge in [0.25, 0.3) is 5.91 Å². The van der Waals surface area contributed by atoms with E-state index in [2.05, 4.69) is 55.3 Å². The number of nitrogens with one attached hydrogen (secondary N) is 1. The van der Waals surface area contributed by atoms with E-state index < -0.39 is 28.6 Å². The van der Waals surface area contributed by atoms with Crippen molar-refractivity contribution >= 4 is 34.1 Å². The lowest BCUT2D eigenvalue weighted by Crippen LogP contribution is -2.37. The third-order valence-corrected chi connectivity index (χ3v) is 17.3. The summed E-state index contributed by atoms with van der Waals surface area (Å²) in [6.45, 7) is 9.15. The molecule has 5 nitrogen and oxygen atoms in total. The molecule has 0 bridgehead atoms. The summed E-state index contributed by atoms with van der Waals surface area (Å²) in [7, 11) is 0. The standard InChI is InChI=1S/C69H64F4N2O3/c1-4-5-6-8-44-11-13-45(14-12-44)46-15-17-47(18-16-46)48-19-21-50(22-20-48)66(76)74-55-32-23-49(24-33-55)51-25-36-60-59(43-51)63-62-57(9-7-10-61(62)69(71,72)73)65-58(64(63)67(60,2)3)37-38-68(78-65,52-26-30-54(70)31-27-52)53-28-34-56(35-29-53)75-39-41-77-42-40-75/h7,9-10,15-38,43-45H,4-6,8,11-14,39-42H2,1-3H3,(H,74,76). The maximum absolute atomic E-state index is 15.5. The highest BCUT2D eigenvalue weighted by molar-refractivity contribution is 6.11. The Kier molecular flexibility index (Phi) is 13.6. The monoisotopic (exact) mass is 1040 g/mol. The highest BCUT2D eigenvalue weighted by Crippen LogP contribution is 2.60. The SMILES string of the molecule is CCCCCC1CCC(c2ccc(-c3ccc(C(=O)Nc4ccc(-c5ccc6c(c5)-c5c(c7c(c8cccc(C(F)(F)F)c58)OC(c5ccc(F)cc5)(c5ccc(N8CCOCC8)cc5)C=C7)C6(C)C)cc4)cc3)cc2)CC1. The number of carbonyl (C=O) groups is 1. The van der Waals surface area contributed by atoms with Gasteiger partial charge in [0.05, 0.1) is 18.8 Å². The number of benzene rings is 8. The van der Waals surface area contributed by atoms with Crippen molar-refractivity contribution in [2.24, 2.45) is 5.92 Å². The number of carbonyl (C=O) groups excluding carboxylic acids is 1. The van der Waals surface area contributed by atoms with Crippen LogP contribution in [0.3, 0.4) is 0 Å². The molecule has 0 aromatic heterocycles. The molecule has 2 fully saturated rings. The number of nitrogens with zero attached hydrogens (tertiary/aromatic N) is 1. The lowest BCUT2D eigenvalue weighted by Gasteiger charge is -2.39. The number of hydrogen-bond acceptors (Lipinski definition) is 4. The number of ether oxygens (including phenoxy) is 2. The van der Waals surface area contributed by atoms with Crippen molar-refractivity contribution in [2.45, 2.75) is 95.2 Å². The number of fused-ring (bicyclic) bond motifs is 8. The van der Waals surface area contributed by atoms with Gasteiger partial charge in [-0.2, -0.15) is 13.2 Å². The summed E-state index contributed by atoms with van der Waals surface area (Å²) < 4.78 is 74.1. The second-order valence-corrected chi connectivity index (χ2v) is 22.4. The molecule has 2 heterocycles. The molecule has 1 amide bonds. The quantitative estimate of drug-likeness (QED) is 0.0979. The Hall–Kier alpha value is -7.49. The molecule has 9 heteroatoms. The van der Waals surface area contributed by atoms with Gasteiger partial charge in [0, 0.05) is 62.9 Å². The van der Waals surface area contributed by atoms with E-state index in [1.807, 2.05) is 103 Å². The molecular formula is C69H64F4N2O3. The molecule has 1 saturated heterocycles. The molecule has 1 saturated carbocycles. The van der Waals surface area contributed by atoms with Crippen molar-refractivity contribution in [3.8, 4) is 39.1 Å². The number of alkyl halides is 3. The number of halogens is 4. The Morgan fingerprint density at radius 1 is 0.718 bits per heavy atom. The molecule has 2 aliphatic carbocycles. The molecule has 2 aliphatic heterocycles. The summed E-state index contributed by atoms with van der Waals surface area (Å²) in [5, 5.41) is 3.45. The molecule has 1 N–H and O–H groups in total. The zero-order valence-corrected chi connectivity index (χ0v) is 44.5. The van der Waals surface area contributed by atoms with Gasteiger partial charge in [-0.05, 0) is 154 Å². The normalized spacial score (nSPS) is 19.4. The van der Waals surface area contributed by atoms with Crippen LogP contribution < -0.4 is 15.0 Å². The average molecular weight is 1050 g/mol. The molecule has 8 aromatic rings. The Morgan fingerprint density at radius 3 is 2.01 bits per heavy atom. The lowest BCUT2D eigenvalue weighted by molar-refractivity contribution is -0.136. The predicted molar refractivity (Wildman–Crippen MR) is 307 cm³/mol. The largest absolute Gasteiger partial charge is 0.472 e. The van der Waals surface area contributed by atoms with E-state index in [0.717, 1.165) is 69.7 Å². The molecule has 8 aromatic carbocycles. The zero-order chi connectivity index (χ0) is 53.8. The average Bonchev–Trinajstić information content (AvgIpc) is 3.96. The third kappa shape index (κ3) is 9.48. The van der Waals surface area contributed by atoms with Crippen molar-refractivity contribution in [1.82, 2.24) is 0 Å². The molecule has 12 rings (SSSR count). The number of hydrogen-bond donors (Lipinski definition) is 1. The molecule has 0 spiro atoms. The van der Waals surface area contributed by atoms with Crippen LogP contribution in [0.15, 0.2) is 164 Å². The van der Waals surface area contributed by atoms with E-state index in [1.165, 1.54) is 75.1 Å². The summed E-state index contributed by atoms with van der Waals surface area (Å²) in [5.41, 5.74) is 9.60. The van der Waals surface area contributed by atoms with Gasteiger partial charge in [-0.3, -0.25) is 4.79 Å². The minimum absolute atomic E-state index is 0.0679. The number of unbranched alkanes of at least 4 members (excludes halogenated alkanes) is 2. The molecular weight excluding hydrogens is 981 g/mol. The van der Waals surface area contributed by atoms with Crippen molar-refractivity contribution in [3.63, 3.8) is 0 Å². The number of morpholine rings is 1. The second kappa shape index (κ2) is 20.7. The first-order valence-electron chi connectivity index (χ1n) is 27.8. The van der Waals surface area contributed by atoms with Gasteiger partial charge < -0.3 is 19.7 Å². The summed E-state index contributed by atoms with van der Waals surface area (Å²) in [6.07, 6.45) is 9.83. The molecule has 4 aliphatic rings. The van der Waals surface area contributed by atoms with Gasteiger partial charge in [-0.25, -0.2) is 4.39 Å². The van der Waals surface area contributed by atoms with Crippen molar-refractivity contribution in [1.29, 1.82) is 0 Å². The van der Waals surface area contributed by atoms with E-state index in [1.54, 1.807) is 18.2 Å². The van der Waals surface area contributed by atoms with Crippen LogP contribution in [0.1, 0.15) is 127 Å². The van der Waals surface area contributed by atoms with E-state index in [9.17, 15) is 9.18 Å². The summed E-state index contributed by atoms with van der Waals surface area (Å²) in [6, 6.07) is 48.7. The molecule has 1 unspecified atom stereocenters. The Morgan fingerprint density at radius 2 is 1.35 bits per heavy atom. The molecule has 1 atom stereocenters. The number of anilines is 2. The van der Waals surface area contributed by atoms with E-state index >= 15 is 13.2 Å². The lowest BCUT2D eigenvalue weighted by atomic mass is 9.76. The summed E-state index contributed by atoms with van der Waals surface area (Å²) >= 11 is 0. The summed E-state index contributed by atoms with van der Waals surface area (Å²) in [4.78, 5) is 15.8. The smallest absolute Gasteiger partial charge is 0.417 e. The topological polar surface area (TPSA) is 50.8 Å². The maximum atomic E-state index is 15.5. The fourth-order valence-corrected chi connectivity index (χ4v) is 13.1. The van der Waals surface area contributed by atoms with E-state index in [4.69, 9.17) is 9.47 Å². The van der Waals surface area contributed by atoms with Crippen LogP contribution in [0.25, 0.3) is 50.2 Å². The van der Waals surface area contributed by atoms with Crippen LogP contribution in [0.2, 0.25) is 0 Å². The van der Waals surface area contributed by atoms with Crippen molar-refractivity contribution in [3.05, 3.63) is 214 Å².